The van der Waals surface area contributed by atoms with Crippen LogP contribution in [-0.4, -0.2) is 78.1 Å². The SMILES string of the molecule is C=CCOC12Oc3ccc(OC(=O)NCC)cc3C3C(CCCCO)C(CCCCO)C=C(C(=NOC)CC1N(Cc1ccc(F)cc1)C(=O)CCC1CCCC1)C32. The second kappa shape index (κ2) is 20.6. The average molecular weight is 804 g/mol. The van der Waals surface area contributed by atoms with Crippen LogP contribution in [0.25, 0.3) is 0 Å². The van der Waals surface area contributed by atoms with Gasteiger partial charge in [0.05, 0.1) is 18.2 Å². The number of hydrogen-bond donors (Lipinski definition) is 3. The molecule has 58 heavy (non-hydrogen) atoms. The number of fused-ring (bicyclic) bond motifs is 2. The predicted molar refractivity (Wildman–Crippen MR) is 220 cm³/mol. The van der Waals surface area contributed by atoms with Crippen molar-refractivity contribution >= 4 is 17.7 Å². The summed E-state index contributed by atoms with van der Waals surface area (Å²) in [6.45, 7) is 6.75. The molecule has 6 atom stereocenters. The number of allylic oxidation sites excluding steroid dienone is 1. The number of ether oxygens (including phenoxy) is 3. The molecule has 2 saturated carbocycles. The van der Waals surface area contributed by atoms with Gasteiger partial charge in [-0.25, -0.2) is 9.18 Å². The summed E-state index contributed by atoms with van der Waals surface area (Å²) in [6.07, 6.45) is 13.9. The van der Waals surface area contributed by atoms with Gasteiger partial charge in [0.1, 0.15) is 30.5 Å². The van der Waals surface area contributed by atoms with Crippen molar-refractivity contribution in [1.82, 2.24) is 10.2 Å². The first kappa shape index (κ1) is 43.3. The van der Waals surface area contributed by atoms with Crippen LogP contribution in [0.15, 0.2) is 71.9 Å². The monoisotopic (exact) mass is 803 g/mol. The molecule has 1 aliphatic heterocycles. The van der Waals surface area contributed by atoms with Gasteiger partial charge in [-0.05, 0) is 98.2 Å². The minimum atomic E-state index is -1.43. The topological polar surface area (TPSA) is 139 Å². The number of amides is 2. The van der Waals surface area contributed by atoms with Crippen molar-refractivity contribution in [2.75, 3.05) is 33.5 Å². The fourth-order valence-electron chi connectivity index (χ4n) is 10.0. The first-order valence-corrected chi connectivity index (χ1v) is 21.4. The first-order valence-electron chi connectivity index (χ1n) is 21.4. The maximum absolute atomic E-state index is 14.9. The van der Waals surface area contributed by atoms with Gasteiger partial charge in [-0.3, -0.25) is 4.79 Å². The smallest absolute Gasteiger partial charge is 0.412 e. The maximum Gasteiger partial charge on any atom is 0.412 e. The molecule has 6 unspecified atom stereocenters. The van der Waals surface area contributed by atoms with E-state index in [1.165, 1.54) is 32.1 Å². The third-order valence-electron chi connectivity index (χ3n) is 12.6. The Morgan fingerprint density at radius 2 is 1.79 bits per heavy atom. The van der Waals surface area contributed by atoms with E-state index in [0.29, 0.717) is 48.9 Å². The Kier molecular flexibility index (Phi) is 15.4. The summed E-state index contributed by atoms with van der Waals surface area (Å²) < 4.78 is 34.4. The highest BCUT2D eigenvalue weighted by Gasteiger charge is 2.65. The van der Waals surface area contributed by atoms with E-state index in [2.05, 4.69) is 23.1 Å². The molecule has 11 nitrogen and oxygen atoms in total. The lowest BCUT2D eigenvalue weighted by atomic mass is 9.55. The summed E-state index contributed by atoms with van der Waals surface area (Å²) in [5.41, 5.74) is 3.23. The quantitative estimate of drug-likeness (QED) is 0.0692. The molecule has 2 amide bonds. The van der Waals surface area contributed by atoms with Crippen LogP contribution in [0.5, 0.6) is 11.5 Å². The molecule has 316 valence electrons. The highest BCUT2D eigenvalue weighted by atomic mass is 19.1. The molecule has 2 fully saturated rings. The summed E-state index contributed by atoms with van der Waals surface area (Å²) in [5.74, 6) is -1.10. The fourth-order valence-corrected chi connectivity index (χ4v) is 10.0. The second-order valence-electron chi connectivity index (χ2n) is 16.2. The molecule has 1 heterocycles. The molecular formula is C46H62FN3O8. The van der Waals surface area contributed by atoms with Crippen molar-refractivity contribution in [3.63, 3.8) is 0 Å². The summed E-state index contributed by atoms with van der Waals surface area (Å²) in [7, 11) is 1.52. The normalized spacial score (nSPS) is 25.6. The minimum absolute atomic E-state index is 0.0132. The highest BCUT2D eigenvalue weighted by molar-refractivity contribution is 6.03. The van der Waals surface area contributed by atoms with Gasteiger partial charge in [0.25, 0.3) is 0 Å². The van der Waals surface area contributed by atoms with E-state index in [-0.39, 0.29) is 62.3 Å². The van der Waals surface area contributed by atoms with Crippen molar-refractivity contribution in [2.45, 2.75) is 115 Å². The summed E-state index contributed by atoms with van der Waals surface area (Å²) in [4.78, 5) is 35.0. The van der Waals surface area contributed by atoms with Crippen molar-refractivity contribution in [2.24, 2.45) is 28.8 Å². The number of carbonyl (C=O) groups is 2. The van der Waals surface area contributed by atoms with Gasteiger partial charge >= 0.3 is 6.09 Å². The number of unbranched alkanes of at least 4 members (excludes halogenated alkanes) is 2. The molecular weight excluding hydrogens is 742 g/mol. The molecule has 4 aliphatic rings. The van der Waals surface area contributed by atoms with Gasteiger partial charge in [-0.15, -0.1) is 6.58 Å². The molecule has 0 bridgehead atoms. The van der Waals surface area contributed by atoms with E-state index >= 15 is 0 Å². The zero-order chi connectivity index (χ0) is 41.1. The number of halogens is 1. The minimum Gasteiger partial charge on any atom is -0.459 e. The van der Waals surface area contributed by atoms with Crippen molar-refractivity contribution in [1.29, 1.82) is 0 Å². The lowest BCUT2D eigenvalue weighted by Gasteiger charge is -2.60. The van der Waals surface area contributed by atoms with Crippen LogP contribution in [0.1, 0.15) is 107 Å². The number of benzene rings is 2. The molecule has 0 radical (unpaired) electrons. The number of nitrogens with one attached hydrogen (secondary N) is 1. The Balaban J connectivity index is 1.56. The average Bonchev–Trinajstić information content (AvgIpc) is 3.75. The van der Waals surface area contributed by atoms with E-state index in [1.807, 2.05) is 24.0 Å². The van der Waals surface area contributed by atoms with E-state index < -0.39 is 23.8 Å². The maximum atomic E-state index is 14.9. The third kappa shape index (κ3) is 9.77. The Hall–Kier alpha value is -4.26. The van der Waals surface area contributed by atoms with Crippen LogP contribution in [0, 0.1) is 29.5 Å². The fraction of sp³-hybridized carbons (Fsp3) is 0.587. The number of nitrogens with zero attached hydrogens (tertiary/aromatic N) is 2. The highest BCUT2D eigenvalue weighted by Crippen LogP contribution is 2.62. The van der Waals surface area contributed by atoms with Crippen molar-refractivity contribution in [3.05, 3.63) is 83.7 Å². The molecule has 6 rings (SSSR count). The predicted octanol–water partition coefficient (Wildman–Crippen LogP) is 8.20. The lowest BCUT2D eigenvalue weighted by molar-refractivity contribution is -0.258. The Morgan fingerprint density at radius 1 is 1.05 bits per heavy atom. The number of carbonyl (C=O) groups excluding carboxylic acids is 2. The molecule has 0 aromatic heterocycles. The molecule has 0 saturated heterocycles. The van der Waals surface area contributed by atoms with Crippen LogP contribution < -0.4 is 14.8 Å². The number of rotatable bonds is 20. The van der Waals surface area contributed by atoms with E-state index in [9.17, 15) is 24.2 Å². The van der Waals surface area contributed by atoms with Crippen LogP contribution in [0.2, 0.25) is 0 Å². The van der Waals surface area contributed by atoms with Crippen LogP contribution >= 0.6 is 0 Å². The van der Waals surface area contributed by atoms with Gasteiger partial charge in [-0.1, -0.05) is 68.0 Å². The Morgan fingerprint density at radius 3 is 2.48 bits per heavy atom. The number of aliphatic hydroxyl groups excluding tert-OH is 2. The Labute approximate surface area is 342 Å². The van der Waals surface area contributed by atoms with Crippen LogP contribution in [-0.2, 0) is 20.9 Å². The van der Waals surface area contributed by atoms with E-state index in [1.54, 1.807) is 24.3 Å². The summed E-state index contributed by atoms with van der Waals surface area (Å²) in [6, 6.07) is 11.0. The summed E-state index contributed by atoms with van der Waals surface area (Å²) in [5, 5.41) is 27.1. The zero-order valence-electron chi connectivity index (χ0n) is 34.2. The largest absolute Gasteiger partial charge is 0.459 e. The number of aliphatic hydroxyl groups is 2. The number of hydrogen-bond acceptors (Lipinski definition) is 9. The van der Waals surface area contributed by atoms with E-state index in [0.717, 1.165) is 61.6 Å². The van der Waals surface area contributed by atoms with Crippen LogP contribution in [0.4, 0.5) is 9.18 Å². The molecule has 3 aliphatic carbocycles. The van der Waals surface area contributed by atoms with Gasteiger partial charge in [0.15, 0.2) is 0 Å². The molecule has 12 heteroatoms. The van der Waals surface area contributed by atoms with E-state index in [4.69, 9.17) is 19.0 Å². The van der Waals surface area contributed by atoms with Gasteiger partial charge in [0.2, 0.25) is 11.7 Å². The van der Waals surface area contributed by atoms with Gasteiger partial charge in [-0.2, -0.15) is 0 Å². The van der Waals surface area contributed by atoms with Gasteiger partial charge < -0.3 is 39.5 Å². The summed E-state index contributed by atoms with van der Waals surface area (Å²) >= 11 is 0. The molecule has 2 aromatic carbocycles. The molecule has 2 aromatic rings. The standard InChI is InChI=1S/C46H62FN3O8/c1-4-26-56-46-41(50(30-32-16-19-34(47)20-17-32)42(53)23-18-31-12-6-7-13-31)29-39(49-55-3)37-27-33(14-8-10-24-51)36(15-9-11-25-52)43(44(37)46)38-28-35(21-22-40(38)58-46)57-45(54)48-5-2/h4,16-17,19-22,27-28,31,33,36,41,43-44,51-52H,1,5-15,18,23-26,29-30H2,2-3H3,(H,48,54). The number of oxime groups is 1. The molecule has 0 spiro atoms. The van der Waals surface area contributed by atoms with Crippen molar-refractivity contribution < 1.29 is 43.2 Å². The zero-order valence-corrected chi connectivity index (χ0v) is 34.2. The van der Waals surface area contributed by atoms with Gasteiger partial charge in [0, 0.05) is 50.6 Å². The van der Waals surface area contributed by atoms with Crippen molar-refractivity contribution in [3.8, 4) is 11.5 Å². The van der Waals surface area contributed by atoms with Crippen LogP contribution in [0.3, 0.4) is 0 Å². The third-order valence-corrected chi connectivity index (χ3v) is 12.6. The second-order valence-corrected chi connectivity index (χ2v) is 16.2. The lowest BCUT2D eigenvalue weighted by Crippen LogP contribution is -2.70. The Bertz CT molecular complexity index is 1760. The molecule has 3 N–H and O–H groups in total. The first-order chi connectivity index (χ1) is 28.3.